The van der Waals surface area contributed by atoms with Crippen molar-refractivity contribution in [2.45, 2.75) is 58.6 Å². The summed E-state index contributed by atoms with van der Waals surface area (Å²) in [6.45, 7) is 11.9. The van der Waals surface area contributed by atoms with Gasteiger partial charge >= 0.3 is 0 Å². The maximum absolute atomic E-state index is 9.88. The molecule has 3 nitrogen and oxygen atoms in total. The number of nitrogens with two attached hydrogens (primary N) is 1. The van der Waals surface area contributed by atoms with E-state index in [1.807, 2.05) is 12.1 Å². The number of quaternary nitrogens is 1. The summed E-state index contributed by atoms with van der Waals surface area (Å²) in [6, 6.07) is 8.69. The van der Waals surface area contributed by atoms with Crippen LogP contribution in [0, 0.1) is 0 Å². The molecule has 0 saturated heterocycles. The van der Waals surface area contributed by atoms with E-state index in [0.29, 0.717) is 19.2 Å². The number of hydrogen-bond acceptors (Lipinski definition) is 2. The van der Waals surface area contributed by atoms with Gasteiger partial charge in [-0.05, 0) is 36.5 Å². The van der Waals surface area contributed by atoms with Crippen molar-refractivity contribution in [2.75, 3.05) is 13.2 Å². The average Bonchev–Trinajstić information content (AvgIpc) is 2.41. The van der Waals surface area contributed by atoms with E-state index in [2.05, 4.69) is 52.1 Å². The quantitative estimate of drug-likeness (QED) is 0.803. The Labute approximate surface area is 123 Å². The predicted molar refractivity (Wildman–Crippen MR) is 83.2 cm³/mol. The van der Waals surface area contributed by atoms with Crippen LogP contribution in [0.25, 0.3) is 0 Å². The molecule has 0 heterocycles. The fourth-order valence-electron chi connectivity index (χ4n) is 1.87. The Morgan fingerprint density at radius 1 is 1.20 bits per heavy atom. The molecule has 3 heteroatoms. The molecule has 3 N–H and O–H groups in total. The maximum atomic E-state index is 9.88. The topological polar surface area (TPSA) is 46.1 Å². The molecule has 1 aromatic rings. The molecule has 114 valence electrons. The van der Waals surface area contributed by atoms with Crippen LogP contribution in [0.2, 0.25) is 0 Å². The first kappa shape index (κ1) is 17.0. The second-order valence-electron chi connectivity index (χ2n) is 6.60. The third-order valence-electron chi connectivity index (χ3n) is 3.62. The normalized spacial score (nSPS) is 14.9. The van der Waals surface area contributed by atoms with Crippen LogP contribution in [-0.4, -0.2) is 30.4 Å². The van der Waals surface area contributed by atoms with Crippen LogP contribution >= 0.6 is 0 Å². The van der Waals surface area contributed by atoms with E-state index >= 15 is 0 Å². The van der Waals surface area contributed by atoms with Crippen LogP contribution < -0.4 is 10.1 Å². The van der Waals surface area contributed by atoms with Crippen molar-refractivity contribution in [3.8, 4) is 5.75 Å². The number of rotatable bonds is 7. The molecule has 0 aliphatic rings. The lowest BCUT2D eigenvalue weighted by molar-refractivity contribution is -0.691. The summed E-state index contributed by atoms with van der Waals surface area (Å²) < 4.78 is 5.63. The van der Waals surface area contributed by atoms with Gasteiger partial charge in [0.15, 0.2) is 0 Å². The van der Waals surface area contributed by atoms with Gasteiger partial charge in [-0.3, -0.25) is 0 Å². The van der Waals surface area contributed by atoms with Gasteiger partial charge in [0.05, 0.1) is 6.04 Å². The van der Waals surface area contributed by atoms with Crippen molar-refractivity contribution in [1.29, 1.82) is 0 Å². The highest BCUT2D eigenvalue weighted by atomic mass is 16.5. The molecule has 1 aromatic carbocycles. The lowest BCUT2D eigenvalue weighted by Crippen LogP contribution is -2.91. The van der Waals surface area contributed by atoms with E-state index < -0.39 is 6.10 Å². The molecular formula is C17H30NO2+. The molecule has 0 amide bonds. The zero-order chi connectivity index (χ0) is 15.2. The van der Waals surface area contributed by atoms with Gasteiger partial charge < -0.3 is 15.2 Å². The molecule has 0 radical (unpaired) electrons. The molecule has 0 unspecified atom stereocenters. The van der Waals surface area contributed by atoms with Gasteiger partial charge in [0, 0.05) is 0 Å². The number of aliphatic hydroxyl groups is 1. The average molecular weight is 280 g/mol. The number of ether oxygens (including phenoxy) is 1. The van der Waals surface area contributed by atoms with Crippen molar-refractivity contribution in [2.24, 2.45) is 0 Å². The fraction of sp³-hybridized carbons (Fsp3) is 0.647. The van der Waals surface area contributed by atoms with Crippen LogP contribution in [0.1, 0.15) is 46.6 Å². The van der Waals surface area contributed by atoms with Gasteiger partial charge in [-0.1, -0.05) is 39.8 Å². The highest BCUT2D eigenvalue weighted by molar-refractivity contribution is 5.31. The van der Waals surface area contributed by atoms with Crippen molar-refractivity contribution >= 4 is 0 Å². The van der Waals surface area contributed by atoms with E-state index in [-0.39, 0.29) is 5.41 Å². The second kappa shape index (κ2) is 7.65. The summed E-state index contributed by atoms with van der Waals surface area (Å²) in [5.74, 6) is 0.820. The molecule has 2 atom stereocenters. The third-order valence-corrected chi connectivity index (χ3v) is 3.62. The van der Waals surface area contributed by atoms with Gasteiger partial charge in [-0.15, -0.1) is 0 Å². The lowest BCUT2D eigenvalue weighted by Gasteiger charge is -2.19. The Hall–Kier alpha value is -1.06. The Morgan fingerprint density at radius 3 is 2.30 bits per heavy atom. The van der Waals surface area contributed by atoms with Crippen molar-refractivity contribution < 1.29 is 15.2 Å². The summed E-state index contributed by atoms with van der Waals surface area (Å²) in [5.41, 5.74) is 1.44. The van der Waals surface area contributed by atoms with E-state index in [0.717, 1.165) is 12.2 Å². The Balaban J connectivity index is 2.38. The smallest absolute Gasteiger partial charge is 0.137 e. The number of hydrogen-bond donors (Lipinski definition) is 2. The standard InChI is InChI=1S/C17H29NO2/c1-6-13(2)18-11-15(19)12-20-16-9-7-14(8-10-16)17(3,4)5/h7-10,13,15,18-19H,6,11-12H2,1-5H3/p+1/t13-,15-/m1/s1. The third kappa shape index (κ3) is 5.93. The summed E-state index contributed by atoms with van der Waals surface area (Å²) in [6.07, 6.45) is 0.688. The van der Waals surface area contributed by atoms with Crippen LogP contribution in [-0.2, 0) is 5.41 Å². The molecule has 0 saturated carbocycles. The second-order valence-corrected chi connectivity index (χ2v) is 6.60. The summed E-state index contributed by atoms with van der Waals surface area (Å²) in [4.78, 5) is 0. The first-order chi connectivity index (χ1) is 9.32. The maximum Gasteiger partial charge on any atom is 0.137 e. The Morgan fingerprint density at radius 2 is 1.80 bits per heavy atom. The van der Waals surface area contributed by atoms with Gasteiger partial charge in [-0.2, -0.15) is 0 Å². The molecule has 0 aromatic heterocycles. The molecule has 0 aliphatic carbocycles. The van der Waals surface area contributed by atoms with Gasteiger partial charge in [-0.25, -0.2) is 0 Å². The Kier molecular flexibility index (Phi) is 6.50. The first-order valence-corrected chi connectivity index (χ1v) is 7.57. The molecular weight excluding hydrogens is 250 g/mol. The largest absolute Gasteiger partial charge is 0.491 e. The van der Waals surface area contributed by atoms with Crippen molar-refractivity contribution in [3.05, 3.63) is 29.8 Å². The molecule has 0 spiro atoms. The van der Waals surface area contributed by atoms with Gasteiger partial charge in [0.2, 0.25) is 0 Å². The van der Waals surface area contributed by atoms with Crippen molar-refractivity contribution in [3.63, 3.8) is 0 Å². The summed E-state index contributed by atoms with van der Waals surface area (Å²) in [5, 5.41) is 12.0. The molecule has 1 rings (SSSR count). The van der Waals surface area contributed by atoms with E-state index in [1.54, 1.807) is 0 Å². The molecule has 0 fully saturated rings. The zero-order valence-electron chi connectivity index (χ0n) is 13.5. The van der Waals surface area contributed by atoms with Crippen LogP contribution in [0.3, 0.4) is 0 Å². The van der Waals surface area contributed by atoms with Crippen LogP contribution in [0.15, 0.2) is 24.3 Å². The van der Waals surface area contributed by atoms with E-state index in [1.165, 1.54) is 5.56 Å². The SMILES string of the molecule is CC[C@@H](C)[NH2+]C[C@@H](O)COc1ccc(C(C)(C)C)cc1. The first-order valence-electron chi connectivity index (χ1n) is 7.57. The minimum atomic E-state index is -0.425. The monoisotopic (exact) mass is 280 g/mol. The lowest BCUT2D eigenvalue weighted by atomic mass is 9.87. The van der Waals surface area contributed by atoms with Crippen LogP contribution in [0.5, 0.6) is 5.75 Å². The molecule has 20 heavy (non-hydrogen) atoms. The zero-order valence-corrected chi connectivity index (χ0v) is 13.5. The highest BCUT2D eigenvalue weighted by Crippen LogP contribution is 2.24. The minimum Gasteiger partial charge on any atom is -0.491 e. The molecule has 0 aliphatic heterocycles. The van der Waals surface area contributed by atoms with Crippen molar-refractivity contribution in [1.82, 2.24) is 0 Å². The number of aliphatic hydroxyl groups excluding tert-OH is 1. The van der Waals surface area contributed by atoms with E-state index in [9.17, 15) is 5.11 Å². The predicted octanol–water partition coefficient (Wildman–Crippen LogP) is 2.09. The van der Waals surface area contributed by atoms with E-state index in [4.69, 9.17) is 4.74 Å². The van der Waals surface area contributed by atoms with Crippen LogP contribution in [0.4, 0.5) is 0 Å². The fourth-order valence-corrected chi connectivity index (χ4v) is 1.87. The summed E-state index contributed by atoms with van der Waals surface area (Å²) in [7, 11) is 0. The number of benzene rings is 1. The van der Waals surface area contributed by atoms with Gasteiger partial charge in [0.25, 0.3) is 0 Å². The summed E-state index contributed by atoms with van der Waals surface area (Å²) >= 11 is 0. The Bertz CT molecular complexity index is 381. The van der Waals surface area contributed by atoms with Gasteiger partial charge in [0.1, 0.15) is 25.0 Å². The molecule has 0 bridgehead atoms. The highest BCUT2D eigenvalue weighted by Gasteiger charge is 2.14. The minimum absolute atomic E-state index is 0.156.